The highest BCUT2D eigenvalue weighted by Crippen LogP contribution is 2.24. The Balaban J connectivity index is 1.97. The first-order valence-electron chi connectivity index (χ1n) is 6.24. The summed E-state index contributed by atoms with van der Waals surface area (Å²) in [6.45, 7) is 4.28. The molecule has 3 rings (SSSR count). The number of rotatable bonds is 3. The molecule has 3 aromatic rings. The van der Waals surface area contributed by atoms with Gasteiger partial charge in [0.25, 0.3) is 5.89 Å². The topological polar surface area (TPSA) is 91.0 Å². The van der Waals surface area contributed by atoms with E-state index in [1.54, 1.807) is 18.3 Å². The maximum Gasteiger partial charge on any atom is 0.293 e. The summed E-state index contributed by atoms with van der Waals surface area (Å²) in [6.07, 6.45) is 1.78. The van der Waals surface area contributed by atoms with Crippen molar-refractivity contribution in [1.29, 1.82) is 0 Å². The van der Waals surface area contributed by atoms with Gasteiger partial charge < -0.3 is 14.7 Å². The summed E-state index contributed by atoms with van der Waals surface area (Å²) in [6, 6.07) is 5.57. The maximum absolute atomic E-state index is 5.50. The van der Waals surface area contributed by atoms with Gasteiger partial charge in [-0.1, -0.05) is 11.2 Å². The van der Waals surface area contributed by atoms with E-state index in [-0.39, 0.29) is 0 Å². The van der Waals surface area contributed by atoms with Crippen LogP contribution in [0.2, 0.25) is 0 Å². The van der Waals surface area contributed by atoms with Gasteiger partial charge in [0.05, 0.1) is 6.54 Å². The standard InChI is InChI=1S/C14H14N4O2/c1-8-5-9(2)12(16-7-8)13-17-14(20-18-13)11-4-3-10(6-15)19-11/h3-5,7H,6,15H2,1-2H3. The van der Waals surface area contributed by atoms with Gasteiger partial charge >= 0.3 is 0 Å². The predicted octanol–water partition coefficient (Wildman–Crippen LogP) is 2.47. The van der Waals surface area contributed by atoms with Crippen molar-refractivity contribution in [2.24, 2.45) is 5.73 Å². The zero-order chi connectivity index (χ0) is 14.1. The molecule has 0 fully saturated rings. The highest BCUT2D eigenvalue weighted by molar-refractivity contribution is 5.57. The molecular formula is C14H14N4O2. The maximum atomic E-state index is 5.50. The number of nitrogens with two attached hydrogens (primary N) is 1. The van der Waals surface area contributed by atoms with Crippen LogP contribution < -0.4 is 5.73 Å². The van der Waals surface area contributed by atoms with Gasteiger partial charge in [-0.2, -0.15) is 4.98 Å². The highest BCUT2D eigenvalue weighted by Gasteiger charge is 2.16. The Labute approximate surface area is 115 Å². The molecule has 0 spiro atoms. The Morgan fingerprint density at radius 2 is 2.10 bits per heavy atom. The molecule has 0 saturated heterocycles. The third-order valence-corrected chi connectivity index (χ3v) is 2.93. The molecule has 0 unspecified atom stereocenters. The zero-order valence-electron chi connectivity index (χ0n) is 11.3. The van der Waals surface area contributed by atoms with Crippen LogP contribution in [0.3, 0.4) is 0 Å². The summed E-state index contributed by atoms with van der Waals surface area (Å²) in [5, 5.41) is 3.95. The van der Waals surface area contributed by atoms with E-state index >= 15 is 0 Å². The van der Waals surface area contributed by atoms with Crippen LogP contribution in [0.1, 0.15) is 16.9 Å². The van der Waals surface area contributed by atoms with Gasteiger partial charge in [0.15, 0.2) is 5.76 Å². The van der Waals surface area contributed by atoms with Crippen LogP contribution >= 0.6 is 0 Å². The van der Waals surface area contributed by atoms with Gasteiger partial charge in [-0.05, 0) is 37.1 Å². The van der Waals surface area contributed by atoms with Crippen molar-refractivity contribution in [3.63, 3.8) is 0 Å². The summed E-state index contributed by atoms with van der Waals surface area (Å²) in [7, 11) is 0. The van der Waals surface area contributed by atoms with E-state index in [1.165, 1.54) is 0 Å². The number of pyridine rings is 1. The molecule has 6 nitrogen and oxygen atoms in total. The molecule has 0 radical (unpaired) electrons. The smallest absolute Gasteiger partial charge is 0.293 e. The largest absolute Gasteiger partial charge is 0.455 e. The van der Waals surface area contributed by atoms with Crippen LogP contribution in [-0.2, 0) is 6.54 Å². The summed E-state index contributed by atoms with van der Waals surface area (Å²) < 4.78 is 10.7. The third-order valence-electron chi connectivity index (χ3n) is 2.93. The Bertz CT molecular complexity index is 745. The molecule has 0 aliphatic carbocycles. The third kappa shape index (κ3) is 2.21. The second-order valence-corrected chi connectivity index (χ2v) is 4.57. The van der Waals surface area contributed by atoms with E-state index in [0.717, 1.165) is 11.1 Å². The van der Waals surface area contributed by atoms with Crippen LogP contribution in [0, 0.1) is 13.8 Å². The molecule has 0 aliphatic heterocycles. The number of hydrogen-bond donors (Lipinski definition) is 1. The van der Waals surface area contributed by atoms with Gasteiger partial charge in [0, 0.05) is 6.20 Å². The van der Waals surface area contributed by atoms with Crippen molar-refractivity contribution >= 4 is 0 Å². The first kappa shape index (κ1) is 12.6. The average molecular weight is 270 g/mol. The van der Waals surface area contributed by atoms with Crippen molar-refractivity contribution in [3.05, 3.63) is 41.3 Å². The summed E-state index contributed by atoms with van der Waals surface area (Å²) >= 11 is 0. The predicted molar refractivity (Wildman–Crippen MR) is 72.6 cm³/mol. The van der Waals surface area contributed by atoms with Gasteiger partial charge in [-0.25, -0.2) is 0 Å². The van der Waals surface area contributed by atoms with Crippen molar-refractivity contribution < 1.29 is 8.94 Å². The molecule has 3 aromatic heterocycles. The second kappa shape index (κ2) is 4.90. The monoisotopic (exact) mass is 270 g/mol. The highest BCUT2D eigenvalue weighted by atomic mass is 16.5. The first-order chi connectivity index (χ1) is 9.67. The Hall–Kier alpha value is -2.47. The number of hydrogen-bond acceptors (Lipinski definition) is 6. The minimum absolute atomic E-state index is 0.321. The fourth-order valence-corrected chi connectivity index (χ4v) is 1.97. The van der Waals surface area contributed by atoms with E-state index < -0.39 is 0 Å². The van der Waals surface area contributed by atoms with Crippen molar-refractivity contribution in [2.45, 2.75) is 20.4 Å². The number of aromatic nitrogens is 3. The minimum Gasteiger partial charge on any atom is -0.455 e. The van der Waals surface area contributed by atoms with Crippen molar-refractivity contribution in [1.82, 2.24) is 15.1 Å². The van der Waals surface area contributed by atoms with Crippen LogP contribution in [-0.4, -0.2) is 15.1 Å². The summed E-state index contributed by atoms with van der Waals surface area (Å²) in [5.74, 6) is 1.95. The lowest BCUT2D eigenvalue weighted by molar-refractivity contribution is 0.412. The lowest BCUT2D eigenvalue weighted by Crippen LogP contribution is -1.92. The molecule has 0 amide bonds. The second-order valence-electron chi connectivity index (χ2n) is 4.57. The Morgan fingerprint density at radius 3 is 2.80 bits per heavy atom. The van der Waals surface area contributed by atoms with Gasteiger partial charge in [0.2, 0.25) is 5.82 Å². The minimum atomic E-state index is 0.321. The molecule has 20 heavy (non-hydrogen) atoms. The van der Waals surface area contributed by atoms with E-state index in [0.29, 0.717) is 35.5 Å². The van der Waals surface area contributed by atoms with Crippen LogP contribution in [0.25, 0.3) is 23.2 Å². The molecule has 6 heteroatoms. The lowest BCUT2D eigenvalue weighted by Gasteiger charge is -2.00. The van der Waals surface area contributed by atoms with Crippen LogP contribution in [0.15, 0.2) is 33.3 Å². The van der Waals surface area contributed by atoms with Gasteiger partial charge in [-0.3, -0.25) is 4.98 Å². The van der Waals surface area contributed by atoms with Gasteiger partial charge in [0.1, 0.15) is 11.5 Å². The summed E-state index contributed by atoms with van der Waals surface area (Å²) in [5.41, 5.74) is 8.30. The van der Waals surface area contributed by atoms with E-state index in [9.17, 15) is 0 Å². The molecule has 2 N–H and O–H groups in total. The lowest BCUT2D eigenvalue weighted by atomic mass is 10.1. The van der Waals surface area contributed by atoms with Gasteiger partial charge in [-0.15, -0.1) is 0 Å². The fraction of sp³-hybridized carbons (Fsp3) is 0.214. The molecule has 0 aliphatic rings. The SMILES string of the molecule is Cc1cnc(-c2noc(-c3ccc(CN)o3)n2)c(C)c1. The normalized spacial score (nSPS) is 10.9. The molecule has 0 saturated carbocycles. The fourth-order valence-electron chi connectivity index (χ4n) is 1.97. The number of furan rings is 1. The van der Waals surface area contributed by atoms with Crippen molar-refractivity contribution in [2.75, 3.05) is 0 Å². The summed E-state index contributed by atoms with van der Waals surface area (Å²) in [4.78, 5) is 8.65. The zero-order valence-corrected chi connectivity index (χ0v) is 11.3. The Morgan fingerprint density at radius 1 is 1.25 bits per heavy atom. The average Bonchev–Trinajstić information content (AvgIpc) is 3.07. The molecule has 0 aromatic carbocycles. The molecular weight excluding hydrogens is 256 g/mol. The molecule has 102 valence electrons. The first-order valence-corrected chi connectivity index (χ1v) is 6.24. The van der Waals surface area contributed by atoms with Crippen molar-refractivity contribution in [3.8, 4) is 23.2 Å². The van der Waals surface area contributed by atoms with E-state index in [2.05, 4.69) is 15.1 Å². The quantitative estimate of drug-likeness (QED) is 0.786. The van der Waals surface area contributed by atoms with E-state index in [1.807, 2.05) is 19.9 Å². The molecule has 0 bridgehead atoms. The Kier molecular flexibility index (Phi) is 3.08. The number of nitrogens with zero attached hydrogens (tertiary/aromatic N) is 3. The molecule has 0 atom stereocenters. The number of aryl methyl sites for hydroxylation is 2. The van der Waals surface area contributed by atoms with E-state index in [4.69, 9.17) is 14.7 Å². The molecule has 3 heterocycles. The van der Waals surface area contributed by atoms with Crippen LogP contribution in [0.5, 0.6) is 0 Å². The van der Waals surface area contributed by atoms with Crippen LogP contribution in [0.4, 0.5) is 0 Å².